The van der Waals surface area contributed by atoms with Crippen LogP contribution in [0.5, 0.6) is 17.2 Å². The van der Waals surface area contributed by atoms with Crippen molar-refractivity contribution in [3.63, 3.8) is 0 Å². The molecule has 3 rings (SSSR count). The number of H-pyrrole nitrogens is 1. The molecular weight excluding hydrogens is 368 g/mol. The van der Waals surface area contributed by atoms with Crippen molar-refractivity contribution < 1.29 is 19.3 Å². The maximum absolute atomic E-state index is 10.2. The Bertz CT molecular complexity index is 922. The summed E-state index contributed by atoms with van der Waals surface area (Å²) in [5, 5.41) is 14.4. The van der Waals surface area contributed by atoms with Gasteiger partial charge in [0.2, 0.25) is 0 Å². The molecule has 6 heteroatoms. The summed E-state index contributed by atoms with van der Waals surface area (Å²) >= 11 is 0. The zero-order chi connectivity index (χ0) is 20.5. The lowest BCUT2D eigenvalue weighted by atomic mass is 10.1. The lowest BCUT2D eigenvalue weighted by Gasteiger charge is -2.15. The fourth-order valence-corrected chi connectivity index (χ4v) is 2.97. The molecule has 1 heterocycles. The maximum atomic E-state index is 10.2. The lowest BCUT2D eigenvalue weighted by molar-refractivity contribution is 0.106. The Kier molecular flexibility index (Phi) is 7.55. The highest BCUT2D eigenvalue weighted by molar-refractivity contribution is 5.86. The quantitative estimate of drug-likeness (QED) is 0.323. The Balaban J connectivity index is 1.38. The van der Waals surface area contributed by atoms with E-state index in [9.17, 15) is 5.11 Å². The maximum Gasteiger partial charge on any atom is 0.161 e. The van der Waals surface area contributed by atoms with E-state index in [0.29, 0.717) is 37.8 Å². The lowest BCUT2D eigenvalue weighted by Crippen LogP contribution is -2.33. The van der Waals surface area contributed by atoms with Crippen molar-refractivity contribution >= 4 is 10.9 Å². The monoisotopic (exact) mass is 396 g/mol. The van der Waals surface area contributed by atoms with Crippen molar-refractivity contribution in [2.24, 2.45) is 0 Å². The molecule has 0 aliphatic rings. The van der Waals surface area contributed by atoms with Gasteiger partial charge in [-0.3, -0.25) is 0 Å². The molecule has 0 spiro atoms. The molecule has 1 atom stereocenters. The third kappa shape index (κ3) is 6.01. The van der Waals surface area contributed by atoms with Crippen LogP contribution in [0.4, 0.5) is 0 Å². The van der Waals surface area contributed by atoms with Crippen LogP contribution in [0, 0.1) is 6.92 Å². The molecule has 3 aromatic rings. The molecule has 0 amide bonds. The van der Waals surface area contributed by atoms with Gasteiger partial charge in [0.25, 0.3) is 0 Å². The minimum absolute atomic E-state index is 0.218. The van der Waals surface area contributed by atoms with Crippen LogP contribution in [0.1, 0.15) is 5.56 Å². The first kappa shape index (κ1) is 20.8. The Morgan fingerprint density at radius 3 is 2.69 bits per heavy atom. The third-order valence-electron chi connectivity index (χ3n) is 4.33. The number of hydrogen-bond acceptors (Lipinski definition) is 5. The van der Waals surface area contributed by atoms with Crippen molar-refractivity contribution in [1.82, 2.24) is 10.3 Å². The van der Waals surface area contributed by atoms with Crippen LogP contribution in [-0.4, -0.2) is 49.1 Å². The number of hydrogen-bond donors (Lipinski definition) is 3. The Hall–Kier alpha value is -2.96. The van der Waals surface area contributed by atoms with E-state index >= 15 is 0 Å². The molecular formula is C23H28N2O4. The van der Waals surface area contributed by atoms with Gasteiger partial charge in [-0.1, -0.05) is 24.8 Å². The molecule has 6 nitrogen and oxygen atoms in total. The van der Waals surface area contributed by atoms with Crippen molar-refractivity contribution in [1.29, 1.82) is 0 Å². The number of aromatic amines is 1. The summed E-state index contributed by atoms with van der Waals surface area (Å²) in [7, 11) is 0. The first-order valence-corrected chi connectivity index (χ1v) is 9.72. The van der Waals surface area contributed by atoms with E-state index in [1.165, 1.54) is 0 Å². The summed E-state index contributed by atoms with van der Waals surface area (Å²) in [5.41, 5.74) is 2.14. The number of aromatic nitrogens is 1. The van der Waals surface area contributed by atoms with Gasteiger partial charge < -0.3 is 29.6 Å². The van der Waals surface area contributed by atoms with E-state index in [1.54, 1.807) is 6.08 Å². The highest BCUT2D eigenvalue weighted by Gasteiger charge is 2.09. The fourth-order valence-electron chi connectivity index (χ4n) is 2.97. The molecule has 0 saturated carbocycles. The number of aliphatic hydroxyl groups is 1. The summed E-state index contributed by atoms with van der Waals surface area (Å²) in [6, 6.07) is 13.6. The van der Waals surface area contributed by atoms with Gasteiger partial charge in [-0.2, -0.15) is 0 Å². The van der Waals surface area contributed by atoms with E-state index in [-0.39, 0.29) is 6.61 Å². The zero-order valence-corrected chi connectivity index (χ0v) is 16.7. The normalized spacial score (nSPS) is 11.9. The average molecular weight is 396 g/mol. The number of ether oxygens (including phenoxy) is 3. The van der Waals surface area contributed by atoms with Crippen LogP contribution in [0.3, 0.4) is 0 Å². The predicted molar refractivity (Wildman–Crippen MR) is 115 cm³/mol. The molecule has 3 N–H and O–H groups in total. The van der Waals surface area contributed by atoms with E-state index < -0.39 is 6.10 Å². The van der Waals surface area contributed by atoms with E-state index in [4.69, 9.17) is 14.2 Å². The molecule has 1 unspecified atom stereocenters. The molecule has 0 aliphatic heterocycles. The largest absolute Gasteiger partial charge is 0.490 e. The molecule has 1 aromatic heterocycles. The van der Waals surface area contributed by atoms with Gasteiger partial charge in [0, 0.05) is 30.2 Å². The Morgan fingerprint density at radius 2 is 1.90 bits per heavy atom. The Labute approximate surface area is 171 Å². The van der Waals surface area contributed by atoms with Crippen LogP contribution in [0.15, 0.2) is 61.3 Å². The topological polar surface area (TPSA) is 75.7 Å². The first-order valence-electron chi connectivity index (χ1n) is 9.72. The molecule has 0 saturated heterocycles. The second-order valence-corrected chi connectivity index (χ2v) is 6.77. The van der Waals surface area contributed by atoms with Gasteiger partial charge in [0.1, 0.15) is 31.7 Å². The number of fused-ring (bicyclic) bond motifs is 1. The molecule has 154 valence electrons. The number of benzene rings is 2. The SMILES string of the molecule is C=CCOc1ccccc1OCCNCC(O)COc1cc(C)cc2[nH]ccc12. The summed E-state index contributed by atoms with van der Waals surface area (Å²) in [5.74, 6) is 2.16. The number of para-hydroxylation sites is 2. The van der Waals surface area contributed by atoms with Crippen molar-refractivity contribution in [2.75, 3.05) is 32.9 Å². The van der Waals surface area contributed by atoms with Crippen molar-refractivity contribution in [3.05, 3.63) is 66.9 Å². The van der Waals surface area contributed by atoms with Crippen LogP contribution in [0.25, 0.3) is 10.9 Å². The summed E-state index contributed by atoms with van der Waals surface area (Å²) in [4.78, 5) is 3.18. The van der Waals surface area contributed by atoms with Gasteiger partial charge in [0.15, 0.2) is 11.5 Å². The summed E-state index contributed by atoms with van der Waals surface area (Å²) in [6.07, 6.45) is 2.96. The third-order valence-corrected chi connectivity index (χ3v) is 4.33. The van der Waals surface area contributed by atoms with E-state index in [1.807, 2.05) is 49.5 Å². The minimum Gasteiger partial charge on any atom is -0.490 e. The van der Waals surface area contributed by atoms with Gasteiger partial charge in [-0.25, -0.2) is 0 Å². The smallest absolute Gasteiger partial charge is 0.161 e. The number of aliphatic hydroxyl groups excluding tert-OH is 1. The second-order valence-electron chi connectivity index (χ2n) is 6.77. The molecule has 29 heavy (non-hydrogen) atoms. The first-order chi connectivity index (χ1) is 14.2. The van der Waals surface area contributed by atoms with Gasteiger partial charge in [0.05, 0.1) is 0 Å². The highest BCUT2D eigenvalue weighted by atomic mass is 16.5. The van der Waals surface area contributed by atoms with Crippen molar-refractivity contribution in [2.45, 2.75) is 13.0 Å². The summed E-state index contributed by atoms with van der Waals surface area (Å²) in [6.45, 7) is 7.79. The van der Waals surface area contributed by atoms with Gasteiger partial charge in [-0.15, -0.1) is 0 Å². The molecule has 0 aliphatic carbocycles. The Morgan fingerprint density at radius 1 is 1.10 bits per heavy atom. The van der Waals surface area contributed by atoms with Crippen LogP contribution in [-0.2, 0) is 0 Å². The molecule has 0 fully saturated rings. The standard InChI is InChI=1S/C23H28N2O4/c1-3-11-27-21-6-4-5-7-22(21)28-12-10-24-15-18(26)16-29-23-14-17(2)13-20-19(23)8-9-25-20/h3-9,13-14,18,24-26H,1,10-12,15-16H2,2H3. The molecule has 0 radical (unpaired) electrons. The average Bonchev–Trinajstić information content (AvgIpc) is 3.19. The zero-order valence-electron chi connectivity index (χ0n) is 16.7. The van der Waals surface area contributed by atoms with Crippen LogP contribution >= 0.6 is 0 Å². The van der Waals surface area contributed by atoms with Gasteiger partial charge in [-0.05, 0) is 42.8 Å². The number of aryl methyl sites for hydroxylation is 1. The number of nitrogens with one attached hydrogen (secondary N) is 2. The van der Waals surface area contributed by atoms with Crippen molar-refractivity contribution in [3.8, 4) is 17.2 Å². The van der Waals surface area contributed by atoms with Crippen LogP contribution in [0.2, 0.25) is 0 Å². The minimum atomic E-state index is -0.618. The molecule has 0 bridgehead atoms. The highest BCUT2D eigenvalue weighted by Crippen LogP contribution is 2.27. The fraction of sp³-hybridized carbons (Fsp3) is 0.304. The second kappa shape index (κ2) is 10.5. The van der Waals surface area contributed by atoms with Gasteiger partial charge >= 0.3 is 0 Å². The van der Waals surface area contributed by atoms with E-state index in [2.05, 4.69) is 22.9 Å². The number of rotatable bonds is 12. The predicted octanol–water partition coefficient (Wildman–Crippen LogP) is 3.45. The molecule has 2 aromatic carbocycles. The van der Waals surface area contributed by atoms with Crippen LogP contribution < -0.4 is 19.5 Å². The summed E-state index contributed by atoms with van der Waals surface area (Å²) < 4.78 is 17.2. The van der Waals surface area contributed by atoms with E-state index in [0.717, 1.165) is 22.2 Å².